The van der Waals surface area contributed by atoms with E-state index >= 15 is 0 Å². The van der Waals surface area contributed by atoms with Gasteiger partial charge in [-0.1, -0.05) is 26.0 Å². The maximum absolute atomic E-state index is 12.1. The molecule has 2 aliphatic carbocycles. The van der Waals surface area contributed by atoms with E-state index in [0.29, 0.717) is 29.0 Å². The molecule has 1 saturated carbocycles. The highest BCUT2D eigenvalue weighted by Crippen LogP contribution is 2.42. The number of rotatable bonds is 5. The van der Waals surface area contributed by atoms with Gasteiger partial charge < -0.3 is 5.32 Å². The Balaban J connectivity index is 1.51. The van der Waals surface area contributed by atoms with Gasteiger partial charge in [-0.2, -0.15) is 5.10 Å². The first-order valence-electron chi connectivity index (χ1n) is 8.45. The molecule has 0 spiro atoms. The van der Waals surface area contributed by atoms with E-state index in [4.69, 9.17) is 0 Å². The Morgan fingerprint density at radius 3 is 2.50 bits per heavy atom. The van der Waals surface area contributed by atoms with Crippen molar-refractivity contribution >= 4 is 23.7 Å². The molecule has 2 N–H and O–H groups in total. The Morgan fingerprint density at radius 2 is 1.92 bits per heavy atom. The Morgan fingerprint density at radius 1 is 1.17 bits per heavy atom. The van der Waals surface area contributed by atoms with Crippen molar-refractivity contribution in [3.8, 4) is 0 Å². The van der Waals surface area contributed by atoms with Crippen LogP contribution in [0.4, 0.5) is 5.69 Å². The minimum atomic E-state index is -0.244. The van der Waals surface area contributed by atoms with Gasteiger partial charge in [-0.3, -0.25) is 9.59 Å². The smallest absolute Gasteiger partial charge is 0.271 e. The van der Waals surface area contributed by atoms with E-state index in [2.05, 4.69) is 28.0 Å². The third-order valence-electron chi connectivity index (χ3n) is 4.70. The van der Waals surface area contributed by atoms with Crippen LogP contribution in [-0.2, 0) is 4.79 Å². The number of nitrogens with zero attached hydrogens (tertiary/aromatic N) is 1. The van der Waals surface area contributed by atoms with Crippen molar-refractivity contribution in [3.05, 3.63) is 42.0 Å². The Hall–Kier alpha value is -2.43. The Bertz CT molecular complexity index is 676. The predicted octanol–water partition coefficient (Wildman–Crippen LogP) is 3.21. The summed E-state index contributed by atoms with van der Waals surface area (Å²) in [5.41, 5.74) is 3.78. The second-order valence-corrected chi connectivity index (χ2v) is 6.88. The summed E-state index contributed by atoms with van der Waals surface area (Å²) >= 11 is 0. The average Bonchev–Trinajstić information content (AvgIpc) is 3.18. The molecule has 24 heavy (non-hydrogen) atoms. The maximum atomic E-state index is 12.1. The SMILES string of the molecule is CC(C)C(=O)Nc1ccc(C(=O)NN=C[C@H]2C[C@H]3C=C[C@H]2C3)cc1. The maximum Gasteiger partial charge on any atom is 0.271 e. The van der Waals surface area contributed by atoms with Crippen LogP contribution in [0.15, 0.2) is 41.5 Å². The van der Waals surface area contributed by atoms with Crippen molar-refractivity contribution < 1.29 is 9.59 Å². The fourth-order valence-corrected chi connectivity index (χ4v) is 3.24. The highest BCUT2D eigenvalue weighted by Gasteiger charge is 2.34. The number of hydrogen-bond acceptors (Lipinski definition) is 3. The molecule has 2 bridgehead atoms. The molecule has 5 nitrogen and oxygen atoms in total. The lowest BCUT2D eigenvalue weighted by Crippen LogP contribution is -2.20. The highest BCUT2D eigenvalue weighted by molar-refractivity contribution is 5.96. The first-order valence-corrected chi connectivity index (χ1v) is 8.45. The summed E-state index contributed by atoms with van der Waals surface area (Å²) in [5, 5.41) is 6.91. The predicted molar refractivity (Wildman–Crippen MR) is 94.7 cm³/mol. The molecule has 0 heterocycles. The number of allylic oxidation sites excluding steroid dienone is 2. The molecule has 0 radical (unpaired) electrons. The fourth-order valence-electron chi connectivity index (χ4n) is 3.24. The van der Waals surface area contributed by atoms with E-state index in [1.54, 1.807) is 24.3 Å². The molecule has 126 valence electrons. The molecule has 0 saturated heterocycles. The van der Waals surface area contributed by atoms with Crippen molar-refractivity contribution in [2.24, 2.45) is 28.8 Å². The van der Waals surface area contributed by atoms with E-state index < -0.39 is 0 Å². The van der Waals surface area contributed by atoms with Crippen LogP contribution in [0.2, 0.25) is 0 Å². The van der Waals surface area contributed by atoms with Gasteiger partial charge in [-0.05, 0) is 48.9 Å². The fraction of sp³-hybridized carbons (Fsp3) is 0.421. The normalized spacial score (nSPS) is 24.7. The number of fused-ring (bicyclic) bond motifs is 2. The van der Waals surface area contributed by atoms with Crippen molar-refractivity contribution in [2.75, 3.05) is 5.32 Å². The monoisotopic (exact) mass is 325 g/mol. The molecule has 2 aliphatic rings. The van der Waals surface area contributed by atoms with E-state index in [0.717, 1.165) is 6.42 Å². The molecule has 5 heteroatoms. The zero-order valence-corrected chi connectivity index (χ0v) is 14.0. The quantitative estimate of drug-likeness (QED) is 0.496. The second kappa shape index (κ2) is 6.99. The number of hydrazone groups is 1. The Kier molecular flexibility index (Phi) is 4.79. The van der Waals surface area contributed by atoms with Gasteiger partial charge in [-0.15, -0.1) is 0 Å². The lowest BCUT2D eigenvalue weighted by molar-refractivity contribution is -0.118. The van der Waals surface area contributed by atoms with Crippen LogP contribution in [0.25, 0.3) is 0 Å². The van der Waals surface area contributed by atoms with Crippen LogP contribution >= 0.6 is 0 Å². The van der Waals surface area contributed by atoms with Crippen molar-refractivity contribution in [1.82, 2.24) is 5.43 Å². The summed E-state index contributed by atoms with van der Waals surface area (Å²) in [6.07, 6.45) is 8.76. The summed E-state index contributed by atoms with van der Waals surface area (Å²) in [7, 11) is 0. The van der Waals surface area contributed by atoms with E-state index in [1.165, 1.54) is 6.42 Å². The van der Waals surface area contributed by atoms with E-state index in [-0.39, 0.29) is 17.7 Å². The average molecular weight is 325 g/mol. The van der Waals surface area contributed by atoms with Crippen LogP contribution in [0.3, 0.4) is 0 Å². The molecular weight excluding hydrogens is 302 g/mol. The van der Waals surface area contributed by atoms with Gasteiger partial charge in [0.1, 0.15) is 0 Å². The molecule has 1 aromatic carbocycles. The Labute approximate surface area is 142 Å². The lowest BCUT2D eigenvalue weighted by atomic mass is 9.95. The van der Waals surface area contributed by atoms with Gasteiger partial charge in [0.2, 0.25) is 5.91 Å². The topological polar surface area (TPSA) is 70.6 Å². The van der Waals surface area contributed by atoms with Gasteiger partial charge in [0, 0.05) is 29.3 Å². The first kappa shape index (κ1) is 16.4. The van der Waals surface area contributed by atoms with E-state index in [9.17, 15) is 9.59 Å². The van der Waals surface area contributed by atoms with Gasteiger partial charge in [0.05, 0.1) is 0 Å². The summed E-state index contributed by atoms with van der Waals surface area (Å²) in [5.74, 6) is 1.34. The number of nitrogens with one attached hydrogen (secondary N) is 2. The van der Waals surface area contributed by atoms with Crippen LogP contribution in [0, 0.1) is 23.7 Å². The van der Waals surface area contributed by atoms with Crippen LogP contribution in [0.5, 0.6) is 0 Å². The standard InChI is InChI=1S/C19H23N3O2/c1-12(2)18(23)21-17-7-5-14(6-8-17)19(24)22-20-11-16-10-13-3-4-15(16)9-13/h3-8,11-13,15-16H,9-10H2,1-2H3,(H,21,23)(H,22,24)/t13-,15-,16+/m0/s1. The van der Waals surface area contributed by atoms with Crippen LogP contribution in [-0.4, -0.2) is 18.0 Å². The number of anilines is 1. The van der Waals surface area contributed by atoms with Crippen molar-refractivity contribution in [1.29, 1.82) is 0 Å². The minimum absolute atomic E-state index is 0.0447. The zero-order chi connectivity index (χ0) is 17.1. The van der Waals surface area contributed by atoms with Gasteiger partial charge in [0.25, 0.3) is 5.91 Å². The lowest BCUT2D eigenvalue weighted by Gasteiger charge is -2.12. The molecule has 3 atom stereocenters. The molecule has 3 rings (SSSR count). The van der Waals surface area contributed by atoms with Gasteiger partial charge in [0.15, 0.2) is 0 Å². The molecule has 0 unspecified atom stereocenters. The second-order valence-electron chi connectivity index (χ2n) is 6.88. The number of benzene rings is 1. The summed E-state index contributed by atoms with van der Waals surface area (Å²) < 4.78 is 0. The summed E-state index contributed by atoms with van der Waals surface area (Å²) in [4.78, 5) is 23.7. The van der Waals surface area contributed by atoms with Crippen LogP contribution in [0.1, 0.15) is 37.0 Å². The zero-order valence-electron chi connectivity index (χ0n) is 14.0. The largest absolute Gasteiger partial charge is 0.326 e. The minimum Gasteiger partial charge on any atom is -0.326 e. The van der Waals surface area contributed by atoms with Crippen LogP contribution < -0.4 is 10.7 Å². The van der Waals surface area contributed by atoms with Gasteiger partial charge >= 0.3 is 0 Å². The number of carbonyl (C=O) groups is 2. The molecule has 2 amide bonds. The van der Waals surface area contributed by atoms with E-state index in [1.807, 2.05) is 20.1 Å². The summed E-state index contributed by atoms with van der Waals surface area (Å²) in [6.45, 7) is 3.67. The molecule has 0 aliphatic heterocycles. The molecule has 1 aromatic rings. The molecular formula is C19H23N3O2. The third kappa shape index (κ3) is 3.72. The molecule has 1 fully saturated rings. The van der Waals surface area contributed by atoms with Crippen molar-refractivity contribution in [3.63, 3.8) is 0 Å². The van der Waals surface area contributed by atoms with Crippen molar-refractivity contribution in [2.45, 2.75) is 26.7 Å². The number of amides is 2. The van der Waals surface area contributed by atoms with Gasteiger partial charge in [-0.25, -0.2) is 5.43 Å². The first-order chi connectivity index (χ1) is 11.5. The molecule has 0 aromatic heterocycles. The highest BCUT2D eigenvalue weighted by atomic mass is 16.2. The number of carbonyl (C=O) groups excluding carboxylic acids is 2. The number of hydrogen-bond donors (Lipinski definition) is 2. The summed E-state index contributed by atoms with van der Waals surface area (Å²) in [6, 6.07) is 6.81. The third-order valence-corrected chi connectivity index (χ3v) is 4.70.